The molecule has 0 aromatic rings. The van der Waals surface area contributed by atoms with Gasteiger partial charge in [-0.1, -0.05) is 13.3 Å². The highest BCUT2D eigenvalue weighted by Crippen LogP contribution is 2.11. The first kappa shape index (κ1) is 17.4. The molecule has 0 saturated heterocycles. The predicted octanol–water partition coefficient (Wildman–Crippen LogP) is 2.68. The zero-order valence-corrected chi connectivity index (χ0v) is 12.2. The number of carbonyl (C=O) groups excluding carboxylic acids is 1. The third-order valence-corrected chi connectivity index (χ3v) is 2.34. The first-order valence-electron chi connectivity index (χ1n) is 6.83. The normalized spacial score (nSPS) is 13.4. The maximum Gasteiger partial charge on any atom is 0.306 e. The van der Waals surface area contributed by atoms with Crippen LogP contribution in [0.5, 0.6) is 0 Å². The van der Waals surface area contributed by atoms with Gasteiger partial charge in [0.1, 0.15) is 5.60 Å². The zero-order valence-electron chi connectivity index (χ0n) is 12.2. The number of rotatable bonds is 9. The minimum absolute atomic E-state index is 0.256. The van der Waals surface area contributed by atoms with E-state index in [4.69, 9.17) is 9.47 Å². The predicted molar refractivity (Wildman–Crippen MR) is 71.4 cm³/mol. The molecule has 0 aromatic heterocycles. The summed E-state index contributed by atoms with van der Waals surface area (Å²) in [4.78, 5) is 11.4. The van der Waals surface area contributed by atoms with E-state index in [1.165, 1.54) is 0 Å². The van der Waals surface area contributed by atoms with E-state index in [-0.39, 0.29) is 12.4 Å². The summed E-state index contributed by atoms with van der Waals surface area (Å²) >= 11 is 0. The highest BCUT2D eigenvalue weighted by molar-refractivity contribution is 5.69. The van der Waals surface area contributed by atoms with Crippen LogP contribution in [0.4, 0.5) is 0 Å². The van der Waals surface area contributed by atoms with Crippen molar-refractivity contribution < 1.29 is 19.4 Å². The van der Waals surface area contributed by atoms with Gasteiger partial charge in [-0.2, -0.15) is 0 Å². The molecule has 0 rings (SSSR count). The van der Waals surface area contributed by atoms with Gasteiger partial charge in [0, 0.05) is 19.6 Å². The average molecular weight is 260 g/mol. The van der Waals surface area contributed by atoms with Crippen LogP contribution in [0.3, 0.4) is 0 Å². The number of aliphatic hydroxyl groups is 1. The van der Waals surface area contributed by atoms with Crippen molar-refractivity contribution in [3.8, 4) is 0 Å². The Hall–Kier alpha value is -0.610. The fraction of sp³-hybridized carbons (Fsp3) is 0.929. The van der Waals surface area contributed by atoms with Crippen LogP contribution in [0.25, 0.3) is 0 Å². The smallest absolute Gasteiger partial charge is 0.306 e. The van der Waals surface area contributed by atoms with E-state index in [9.17, 15) is 9.90 Å². The van der Waals surface area contributed by atoms with Crippen molar-refractivity contribution in [3.63, 3.8) is 0 Å². The number of esters is 1. The van der Waals surface area contributed by atoms with Crippen LogP contribution in [0.15, 0.2) is 0 Å². The van der Waals surface area contributed by atoms with Crippen LogP contribution >= 0.6 is 0 Å². The first-order chi connectivity index (χ1) is 8.35. The lowest BCUT2D eigenvalue weighted by molar-refractivity contribution is -0.155. The van der Waals surface area contributed by atoms with Gasteiger partial charge in [0.05, 0.1) is 6.10 Å². The fourth-order valence-corrected chi connectivity index (χ4v) is 1.39. The topological polar surface area (TPSA) is 55.8 Å². The SMILES string of the molecule is CCCCOCC[C@@H](O)CCC(=O)OC(C)(C)C. The molecule has 108 valence electrons. The Balaban J connectivity index is 3.52. The Labute approximate surface area is 111 Å². The Morgan fingerprint density at radius 3 is 2.44 bits per heavy atom. The van der Waals surface area contributed by atoms with Crippen LogP contribution in [-0.4, -0.2) is 36.0 Å². The van der Waals surface area contributed by atoms with Crippen molar-refractivity contribution in [1.29, 1.82) is 0 Å². The van der Waals surface area contributed by atoms with Crippen molar-refractivity contribution in [2.24, 2.45) is 0 Å². The zero-order chi connectivity index (χ0) is 14.0. The largest absolute Gasteiger partial charge is 0.460 e. The maximum absolute atomic E-state index is 11.4. The van der Waals surface area contributed by atoms with Crippen molar-refractivity contribution in [2.75, 3.05) is 13.2 Å². The minimum atomic E-state index is -0.487. The molecular weight excluding hydrogens is 232 g/mol. The van der Waals surface area contributed by atoms with Crippen molar-refractivity contribution in [3.05, 3.63) is 0 Å². The molecule has 0 aromatic carbocycles. The third-order valence-electron chi connectivity index (χ3n) is 2.34. The summed E-state index contributed by atoms with van der Waals surface area (Å²) in [6.45, 7) is 8.92. The number of aliphatic hydroxyl groups excluding tert-OH is 1. The quantitative estimate of drug-likeness (QED) is 0.511. The van der Waals surface area contributed by atoms with Crippen LogP contribution in [0, 0.1) is 0 Å². The van der Waals surface area contributed by atoms with Crippen LogP contribution < -0.4 is 0 Å². The number of hydrogen-bond donors (Lipinski definition) is 1. The van der Waals surface area contributed by atoms with E-state index in [1.54, 1.807) is 0 Å². The standard InChI is InChI=1S/C14H28O4/c1-5-6-10-17-11-9-12(15)7-8-13(16)18-14(2,3)4/h12,15H,5-11H2,1-4H3/t12-/m0/s1. The Bertz CT molecular complexity index is 220. The molecule has 0 saturated carbocycles. The van der Waals surface area contributed by atoms with Crippen LogP contribution in [0.1, 0.15) is 59.8 Å². The van der Waals surface area contributed by atoms with Gasteiger partial charge in [0.15, 0.2) is 0 Å². The van der Waals surface area contributed by atoms with E-state index in [1.807, 2.05) is 20.8 Å². The molecule has 0 aliphatic heterocycles. The lowest BCUT2D eigenvalue weighted by atomic mass is 10.1. The number of carbonyl (C=O) groups is 1. The first-order valence-corrected chi connectivity index (χ1v) is 6.83. The summed E-state index contributed by atoms with van der Waals surface area (Å²) < 4.78 is 10.5. The molecular formula is C14H28O4. The van der Waals surface area contributed by atoms with Crippen LogP contribution in [-0.2, 0) is 14.3 Å². The molecule has 1 atom stereocenters. The van der Waals surface area contributed by atoms with Gasteiger partial charge in [-0.3, -0.25) is 4.79 Å². The molecule has 0 aliphatic carbocycles. The second kappa shape index (κ2) is 9.34. The average Bonchev–Trinajstić information content (AvgIpc) is 2.24. The van der Waals surface area contributed by atoms with Crippen molar-refractivity contribution in [1.82, 2.24) is 0 Å². The minimum Gasteiger partial charge on any atom is -0.460 e. The van der Waals surface area contributed by atoms with Gasteiger partial charge in [0.25, 0.3) is 0 Å². The molecule has 18 heavy (non-hydrogen) atoms. The monoisotopic (exact) mass is 260 g/mol. The summed E-state index contributed by atoms with van der Waals surface area (Å²) in [7, 11) is 0. The molecule has 0 unspecified atom stereocenters. The van der Waals surface area contributed by atoms with Gasteiger partial charge in [0.2, 0.25) is 0 Å². The molecule has 0 heterocycles. The summed E-state index contributed by atoms with van der Waals surface area (Å²) in [6.07, 6.45) is 2.94. The fourth-order valence-electron chi connectivity index (χ4n) is 1.39. The van der Waals surface area contributed by atoms with Gasteiger partial charge in [-0.25, -0.2) is 0 Å². The highest BCUT2D eigenvalue weighted by Gasteiger charge is 2.17. The molecule has 0 radical (unpaired) electrons. The Morgan fingerprint density at radius 1 is 1.22 bits per heavy atom. The van der Waals surface area contributed by atoms with Gasteiger partial charge >= 0.3 is 5.97 Å². The van der Waals surface area contributed by atoms with Gasteiger partial charge in [-0.15, -0.1) is 0 Å². The Kier molecular flexibility index (Phi) is 9.02. The van der Waals surface area contributed by atoms with Crippen LogP contribution in [0.2, 0.25) is 0 Å². The number of unbranched alkanes of at least 4 members (excludes halogenated alkanes) is 1. The number of ether oxygens (including phenoxy) is 2. The third kappa shape index (κ3) is 11.9. The summed E-state index contributed by atoms with van der Waals surface area (Å²) in [5.41, 5.74) is -0.453. The molecule has 0 bridgehead atoms. The van der Waals surface area contributed by atoms with E-state index in [0.29, 0.717) is 19.4 Å². The lowest BCUT2D eigenvalue weighted by Gasteiger charge is -2.20. The maximum atomic E-state index is 11.4. The van der Waals surface area contributed by atoms with E-state index >= 15 is 0 Å². The summed E-state index contributed by atoms with van der Waals surface area (Å²) in [5, 5.41) is 9.67. The summed E-state index contributed by atoms with van der Waals surface area (Å²) in [5.74, 6) is -0.256. The molecule has 0 fully saturated rings. The van der Waals surface area contributed by atoms with E-state index in [0.717, 1.165) is 19.4 Å². The Morgan fingerprint density at radius 2 is 1.89 bits per heavy atom. The second-order valence-corrected chi connectivity index (χ2v) is 5.53. The van der Waals surface area contributed by atoms with Gasteiger partial charge < -0.3 is 14.6 Å². The molecule has 4 nitrogen and oxygen atoms in total. The highest BCUT2D eigenvalue weighted by atomic mass is 16.6. The molecule has 0 spiro atoms. The van der Waals surface area contributed by atoms with Gasteiger partial charge in [-0.05, 0) is 40.0 Å². The second-order valence-electron chi connectivity index (χ2n) is 5.53. The molecule has 0 aliphatic rings. The lowest BCUT2D eigenvalue weighted by Crippen LogP contribution is -2.24. The van der Waals surface area contributed by atoms with Crippen molar-refractivity contribution in [2.45, 2.75) is 71.5 Å². The molecule has 4 heteroatoms. The van der Waals surface area contributed by atoms with E-state index < -0.39 is 11.7 Å². The molecule has 0 amide bonds. The van der Waals surface area contributed by atoms with Crippen molar-refractivity contribution >= 4 is 5.97 Å². The number of hydrogen-bond acceptors (Lipinski definition) is 4. The van der Waals surface area contributed by atoms with E-state index in [2.05, 4.69) is 6.92 Å². The molecule has 1 N–H and O–H groups in total. The summed E-state index contributed by atoms with van der Waals surface area (Å²) in [6, 6.07) is 0.